The van der Waals surface area contributed by atoms with E-state index in [4.69, 9.17) is 9.31 Å². The van der Waals surface area contributed by atoms with Gasteiger partial charge in [0.1, 0.15) is 0 Å². The van der Waals surface area contributed by atoms with Crippen LogP contribution in [0.5, 0.6) is 0 Å². The van der Waals surface area contributed by atoms with E-state index in [9.17, 15) is 10.2 Å². The van der Waals surface area contributed by atoms with Gasteiger partial charge in [-0.25, -0.2) is 0 Å². The third-order valence-electron chi connectivity index (χ3n) is 5.78. The van der Waals surface area contributed by atoms with Gasteiger partial charge in [0, 0.05) is 0 Å². The van der Waals surface area contributed by atoms with Crippen molar-refractivity contribution in [2.75, 3.05) is 0 Å². The second-order valence-electron chi connectivity index (χ2n) is 9.10. The molecule has 0 atom stereocenters. The zero-order chi connectivity index (χ0) is 20.6. The SMILES string of the molecule is Cc1c([B]OC(C)(C)C(C)(C)O)ccc([B]OC(C)(C)C(C)(C)O)c1C. The summed E-state index contributed by atoms with van der Waals surface area (Å²) in [5.41, 5.74) is 0.728. The molecule has 0 saturated carbocycles. The molecular weight excluding hydrogens is 326 g/mol. The summed E-state index contributed by atoms with van der Waals surface area (Å²) >= 11 is 0. The minimum atomic E-state index is -0.962. The zero-order valence-corrected chi connectivity index (χ0v) is 18.0. The zero-order valence-electron chi connectivity index (χ0n) is 18.0. The molecule has 144 valence electrons. The summed E-state index contributed by atoms with van der Waals surface area (Å²) in [5, 5.41) is 20.4. The minimum Gasteiger partial charge on any atom is -0.427 e. The molecule has 0 aliphatic rings. The summed E-state index contributed by atoms with van der Waals surface area (Å²) in [7, 11) is 3.40. The van der Waals surface area contributed by atoms with E-state index in [0.29, 0.717) is 0 Å². The highest BCUT2D eigenvalue weighted by Gasteiger charge is 2.37. The van der Waals surface area contributed by atoms with Crippen LogP contribution in [-0.2, 0) is 9.31 Å². The number of hydrogen-bond acceptors (Lipinski definition) is 4. The molecule has 0 aliphatic heterocycles. The molecule has 0 spiro atoms. The van der Waals surface area contributed by atoms with E-state index in [1.54, 1.807) is 42.7 Å². The van der Waals surface area contributed by atoms with Crippen molar-refractivity contribution < 1.29 is 19.5 Å². The summed E-state index contributed by atoms with van der Waals surface area (Å²) in [6.45, 7) is 18.4. The van der Waals surface area contributed by atoms with E-state index < -0.39 is 22.4 Å². The van der Waals surface area contributed by atoms with E-state index in [0.717, 1.165) is 22.1 Å². The van der Waals surface area contributed by atoms with Gasteiger partial charge in [-0.05, 0) is 69.2 Å². The highest BCUT2D eigenvalue weighted by Crippen LogP contribution is 2.25. The van der Waals surface area contributed by atoms with Gasteiger partial charge in [0.05, 0.1) is 22.4 Å². The second kappa shape index (κ2) is 7.67. The molecule has 26 heavy (non-hydrogen) atoms. The predicted octanol–water partition coefficient (Wildman–Crippen LogP) is 1.92. The molecule has 1 aromatic carbocycles. The van der Waals surface area contributed by atoms with E-state index in [2.05, 4.69) is 0 Å². The lowest BCUT2D eigenvalue weighted by Gasteiger charge is -2.38. The van der Waals surface area contributed by atoms with Crippen molar-refractivity contribution in [1.29, 1.82) is 0 Å². The third-order valence-corrected chi connectivity index (χ3v) is 5.78. The van der Waals surface area contributed by atoms with Crippen LogP contribution in [0.4, 0.5) is 0 Å². The Balaban J connectivity index is 2.90. The van der Waals surface area contributed by atoms with E-state index >= 15 is 0 Å². The fourth-order valence-electron chi connectivity index (χ4n) is 1.83. The molecule has 1 aromatic rings. The van der Waals surface area contributed by atoms with Crippen molar-refractivity contribution >= 4 is 25.9 Å². The van der Waals surface area contributed by atoms with Gasteiger partial charge in [-0.3, -0.25) is 0 Å². The Hall–Kier alpha value is -0.810. The molecule has 0 aromatic heterocycles. The first-order valence-electron chi connectivity index (χ1n) is 9.06. The third kappa shape index (κ3) is 5.35. The van der Waals surface area contributed by atoms with Crippen LogP contribution in [0.25, 0.3) is 0 Å². The minimum absolute atomic E-state index is 0.710. The van der Waals surface area contributed by atoms with E-state index in [1.165, 1.54) is 0 Å². The molecule has 2 radical (unpaired) electrons. The summed E-state index contributed by atoms with van der Waals surface area (Å²) in [6.07, 6.45) is 0. The summed E-state index contributed by atoms with van der Waals surface area (Å²) in [5.74, 6) is 0. The van der Waals surface area contributed by atoms with Crippen LogP contribution in [0.2, 0.25) is 0 Å². The maximum absolute atomic E-state index is 10.2. The largest absolute Gasteiger partial charge is 0.427 e. The van der Waals surface area contributed by atoms with Gasteiger partial charge in [-0.2, -0.15) is 0 Å². The Morgan fingerprint density at radius 1 is 0.654 bits per heavy atom. The van der Waals surface area contributed by atoms with Crippen LogP contribution >= 0.6 is 0 Å². The van der Waals surface area contributed by atoms with Crippen LogP contribution in [0.15, 0.2) is 12.1 Å². The molecule has 2 N–H and O–H groups in total. The average molecular weight is 360 g/mol. The maximum Gasteiger partial charge on any atom is 0.331 e. The number of benzene rings is 1. The Morgan fingerprint density at radius 3 is 1.15 bits per heavy atom. The fourth-order valence-corrected chi connectivity index (χ4v) is 1.83. The predicted molar refractivity (Wildman–Crippen MR) is 110 cm³/mol. The fraction of sp³-hybridized carbons (Fsp3) is 0.700. The Morgan fingerprint density at radius 2 is 0.923 bits per heavy atom. The molecule has 0 amide bonds. The standard InChI is InChI=1S/C20H34B2O4/c1-13-14(2)16(22-26-20(9,10)18(5,6)24)12-11-15(13)21-25-19(7,8)17(3,4)23/h11-12,23-24H,1-10H3. The highest BCUT2D eigenvalue weighted by atomic mass is 16.5. The molecule has 0 saturated heterocycles. The first-order chi connectivity index (χ1) is 11.5. The van der Waals surface area contributed by atoms with Crippen molar-refractivity contribution in [3.05, 3.63) is 23.3 Å². The smallest absolute Gasteiger partial charge is 0.331 e. The molecule has 4 nitrogen and oxygen atoms in total. The van der Waals surface area contributed by atoms with Crippen LogP contribution in [0, 0.1) is 13.8 Å². The summed E-state index contributed by atoms with van der Waals surface area (Å²) in [6, 6.07) is 3.93. The molecule has 1 rings (SSSR count). The van der Waals surface area contributed by atoms with Gasteiger partial charge in [-0.15, -0.1) is 0 Å². The van der Waals surface area contributed by atoms with Crippen molar-refractivity contribution in [3.8, 4) is 0 Å². The Kier molecular flexibility index (Phi) is 6.85. The van der Waals surface area contributed by atoms with Gasteiger partial charge in [0.2, 0.25) is 0 Å². The highest BCUT2D eigenvalue weighted by molar-refractivity contribution is 6.50. The van der Waals surface area contributed by atoms with Crippen molar-refractivity contribution in [3.63, 3.8) is 0 Å². The van der Waals surface area contributed by atoms with Crippen LogP contribution in [-0.4, -0.2) is 47.6 Å². The topological polar surface area (TPSA) is 58.9 Å². The lowest BCUT2D eigenvalue weighted by atomic mass is 9.74. The molecule has 0 heterocycles. The van der Waals surface area contributed by atoms with Crippen molar-refractivity contribution in [2.45, 2.75) is 91.6 Å². The molecule has 0 fully saturated rings. The normalized spacial score (nSPS) is 13.7. The molecule has 0 aliphatic carbocycles. The van der Waals surface area contributed by atoms with Gasteiger partial charge in [0.25, 0.3) is 0 Å². The van der Waals surface area contributed by atoms with Crippen LogP contribution < -0.4 is 10.9 Å². The quantitative estimate of drug-likeness (QED) is 0.696. The molecule has 0 bridgehead atoms. The van der Waals surface area contributed by atoms with Gasteiger partial charge < -0.3 is 19.5 Å². The molecular formula is C20H34B2O4. The van der Waals surface area contributed by atoms with Crippen LogP contribution in [0.1, 0.15) is 66.5 Å². The molecule has 0 unspecified atom stereocenters. The Bertz CT molecular complexity index is 571. The lowest BCUT2D eigenvalue weighted by molar-refractivity contribution is -0.0893. The number of aliphatic hydroxyl groups is 2. The Labute approximate surface area is 160 Å². The average Bonchev–Trinajstić information content (AvgIpc) is 2.45. The molecule has 6 heteroatoms. The van der Waals surface area contributed by atoms with Crippen molar-refractivity contribution in [1.82, 2.24) is 0 Å². The second-order valence-corrected chi connectivity index (χ2v) is 9.10. The van der Waals surface area contributed by atoms with Gasteiger partial charge in [-0.1, -0.05) is 34.2 Å². The summed E-state index contributed by atoms with van der Waals surface area (Å²) < 4.78 is 11.7. The van der Waals surface area contributed by atoms with Gasteiger partial charge >= 0.3 is 15.0 Å². The lowest BCUT2D eigenvalue weighted by Crippen LogP contribution is -2.50. The van der Waals surface area contributed by atoms with Crippen molar-refractivity contribution in [2.24, 2.45) is 0 Å². The van der Waals surface area contributed by atoms with E-state index in [1.807, 2.05) is 53.7 Å². The first kappa shape index (κ1) is 23.2. The number of rotatable bonds is 8. The van der Waals surface area contributed by atoms with Crippen LogP contribution in [0.3, 0.4) is 0 Å². The summed E-state index contributed by atoms with van der Waals surface area (Å²) in [4.78, 5) is 0. The first-order valence-corrected chi connectivity index (χ1v) is 9.06. The maximum atomic E-state index is 10.2. The van der Waals surface area contributed by atoms with E-state index in [-0.39, 0.29) is 0 Å². The monoisotopic (exact) mass is 360 g/mol. The number of hydrogen-bond donors (Lipinski definition) is 2. The van der Waals surface area contributed by atoms with Gasteiger partial charge in [0.15, 0.2) is 0 Å².